The van der Waals surface area contributed by atoms with Crippen LogP contribution < -0.4 is 5.32 Å². The Hall–Kier alpha value is -5.34. The number of hydrogen-bond acceptors (Lipinski definition) is 20. The molecule has 1 saturated heterocycles. The van der Waals surface area contributed by atoms with Crippen LogP contribution in [0.2, 0.25) is 0 Å². The summed E-state index contributed by atoms with van der Waals surface area (Å²) in [5.74, 6) is -10.4. The second-order valence-corrected chi connectivity index (χ2v) is 10.8. The molecule has 1 amide bonds. The average molecular weight is 736 g/mol. The summed E-state index contributed by atoms with van der Waals surface area (Å²) < 4.78 is 52.5. The number of ether oxygens (including phenoxy) is 10. The molecule has 1 N–H and O–H groups in total. The third-order valence-corrected chi connectivity index (χ3v) is 6.19. The lowest BCUT2D eigenvalue weighted by Gasteiger charge is -2.44. The predicted octanol–water partition coefficient (Wildman–Crippen LogP) is -1.52. The molecule has 1 aliphatic heterocycles. The summed E-state index contributed by atoms with van der Waals surface area (Å²) in [7, 11) is 0. The van der Waals surface area contributed by atoms with Crippen LogP contribution >= 0.6 is 0 Å². The lowest BCUT2D eigenvalue weighted by Crippen LogP contribution is -2.67. The summed E-state index contributed by atoms with van der Waals surface area (Å²) in [5.41, 5.74) is 0. The summed E-state index contributed by atoms with van der Waals surface area (Å²) in [6.45, 7) is 7.01. The Balaban J connectivity index is 3.88. The highest BCUT2D eigenvalue weighted by molar-refractivity contribution is 5.85. The van der Waals surface area contributed by atoms with Crippen molar-refractivity contribution in [1.82, 2.24) is 5.32 Å². The first kappa shape index (κ1) is 43.7. The Morgan fingerprint density at radius 2 is 0.961 bits per heavy atom. The molecule has 286 valence electrons. The minimum Gasteiger partial charge on any atom is -0.463 e. The van der Waals surface area contributed by atoms with Crippen molar-refractivity contribution in [3.63, 3.8) is 0 Å². The van der Waals surface area contributed by atoms with Crippen molar-refractivity contribution in [2.45, 2.75) is 117 Å². The normalized spacial score (nSPS) is 21.8. The van der Waals surface area contributed by atoms with Gasteiger partial charge in [-0.15, -0.1) is 0 Å². The van der Waals surface area contributed by atoms with E-state index in [1.807, 2.05) is 0 Å². The van der Waals surface area contributed by atoms with Gasteiger partial charge in [-0.3, -0.25) is 47.9 Å². The molecule has 1 heterocycles. The first-order valence-electron chi connectivity index (χ1n) is 15.1. The number of amides is 1. The highest BCUT2D eigenvalue weighted by atomic mass is 16.7. The molecule has 21 heteroatoms. The SMILES string of the molecule is CC(=O)OC[C@H](OC(C)=O)[C@H](OC(C)=O)[C@@H](OC(C)=O)[C@@H](OC(C)=O)C(=O)N[C@@H]1O[C@H](COC(C)=O)[C@@H](OC(C)=O)[C@H](OC(C)=O)[C@H]1OC(C)=O. The fourth-order valence-corrected chi connectivity index (χ4v) is 4.66. The van der Waals surface area contributed by atoms with Gasteiger partial charge >= 0.3 is 53.7 Å². The predicted molar refractivity (Wildman–Crippen MR) is 159 cm³/mol. The molecule has 0 aliphatic carbocycles. The van der Waals surface area contributed by atoms with Gasteiger partial charge in [-0.05, 0) is 0 Å². The van der Waals surface area contributed by atoms with E-state index >= 15 is 0 Å². The molecular weight excluding hydrogens is 694 g/mol. The van der Waals surface area contributed by atoms with Crippen molar-refractivity contribution < 1.29 is 95.3 Å². The molecule has 0 spiro atoms. The molecule has 0 bridgehead atoms. The molecule has 0 aromatic carbocycles. The lowest BCUT2D eigenvalue weighted by molar-refractivity contribution is -0.257. The van der Waals surface area contributed by atoms with E-state index in [-0.39, 0.29) is 0 Å². The highest BCUT2D eigenvalue weighted by Gasteiger charge is 2.54. The molecule has 1 fully saturated rings. The molecular formula is C30H41NO20. The number of hydrogen-bond donors (Lipinski definition) is 1. The van der Waals surface area contributed by atoms with E-state index in [1.54, 1.807) is 0 Å². The Bertz CT molecular complexity index is 1340. The maximum atomic E-state index is 14.1. The van der Waals surface area contributed by atoms with Crippen LogP contribution in [-0.4, -0.2) is 128 Å². The van der Waals surface area contributed by atoms with E-state index in [4.69, 9.17) is 47.4 Å². The van der Waals surface area contributed by atoms with Gasteiger partial charge < -0.3 is 52.7 Å². The smallest absolute Gasteiger partial charge is 0.303 e. The van der Waals surface area contributed by atoms with Gasteiger partial charge in [0, 0.05) is 62.3 Å². The highest BCUT2D eigenvalue weighted by Crippen LogP contribution is 2.29. The lowest BCUT2D eigenvalue weighted by atomic mass is 9.96. The number of carbonyl (C=O) groups is 10. The molecule has 0 unspecified atom stereocenters. The molecule has 51 heavy (non-hydrogen) atoms. The second-order valence-electron chi connectivity index (χ2n) is 10.8. The Morgan fingerprint density at radius 1 is 0.510 bits per heavy atom. The van der Waals surface area contributed by atoms with Crippen molar-refractivity contribution in [3.05, 3.63) is 0 Å². The van der Waals surface area contributed by atoms with Crippen molar-refractivity contribution in [2.75, 3.05) is 13.2 Å². The summed E-state index contributed by atoms with van der Waals surface area (Å²) in [6, 6.07) is 0. The van der Waals surface area contributed by atoms with Gasteiger partial charge in [0.1, 0.15) is 19.3 Å². The number of rotatable bonds is 16. The minimum absolute atomic E-state index is 0.664. The molecule has 0 saturated carbocycles. The van der Waals surface area contributed by atoms with E-state index in [1.165, 1.54) is 0 Å². The standard InChI is InChI=1S/C30H41NO20/c1-12(32)42-10-21(44-14(3)34)23(45-15(4)35)25(47-17(6)37)27(49-19(8)39)29(41)31-30-28(50-20(9)40)26(48-18(7)38)24(46-16(5)36)22(51-30)11-43-13(2)33/h21-28,30H,10-11H2,1-9H3,(H,31,41)/t21-,22+,23-,24+,25+,26-,27+,28+,30+/m0/s1. The van der Waals surface area contributed by atoms with E-state index in [0.29, 0.717) is 0 Å². The minimum atomic E-state index is -2.31. The van der Waals surface area contributed by atoms with Crippen LogP contribution in [0.5, 0.6) is 0 Å². The maximum Gasteiger partial charge on any atom is 0.303 e. The van der Waals surface area contributed by atoms with Gasteiger partial charge in [0.15, 0.2) is 42.9 Å². The number of carbonyl (C=O) groups excluding carboxylic acids is 10. The third-order valence-electron chi connectivity index (χ3n) is 6.19. The fourth-order valence-electron chi connectivity index (χ4n) is 4.66. The van der Waals surface area contributed by atoms with Gasteiger partial charge in [0.05, 0.1) is 0 Å². The van der Waals surface area contributed by atoms with Gasteiger partial charge in [-0.25, -0.2) is 0 Å². The summed E-state index contributed by atoms with van der Waals surface area (Å²) in [5, 5.41) is 2.25. The van der Waals surface area contributed by atoms with Crippen LogP contribution in [0.3, 0.4) is 0 Å². The summed E-state index contributed by atoms with van der Waals surface area (Å²) >= 11 is 0. The largest absolute Gasteiger partial charge is 0.463 e. The Labute approximate surface area is 291 Å². The summed E-state index contributed by atoms with van der Waals surface area (Å²) in [6.07, 6.45) is -16.8. The van der Waals surface area contributed by atoms with E-state index < -0.39 is 128 Å². The Morgan fingerprint density at radius 3 is 1.41 bits per heavy atom. The molecule has 0 radical (unpaired) electrons. The monoisotopic (exact) mass is 735 g/mol. The molecule has 0 aromatic rings. The van der Waals surface area contributed by atoms with Crippen LogP contribution in [0, 0.1) is 0 Å². The zero-order valence-electron chi connectivity index (χ0n) is 29.3. The summed E-state index contributed by atoms with van der Waals surface area (Å²) in [4.78, 5) is 123. The molecule has 0 aromatic heterocycles. The van der Waals surface area contributed by atoms with E-state index in [9.17, 15) is 47.9 Å². The maximum absolute atomic E-state index is 14.1. The van der Waals surface area contributed by atoms with Crippen molar-refractivity contribution in [3.8, 4) is 0 Å². The van der Waals surface area contributed by atoms with Crippen LogP contribution in [-0.2, 0) is 95.3 Å². The van der Waals surface area contributed by atoms with E-state index in [0.717, 1.165) is 62.3 Å². The first-order valence-corrected chi connectivity index (χ1v) is 15.1. The first-order chi connectivity index (χ1) is 23.6. The van der Waals surface area contributed by atoms with Gasteiger partial charge in [0.25, 0.3) is 5.91 Å². The number of nitrogens with one attached hydrogen (secondary N) is 1. The van der Waals surface area contributed by atoms with Crippen molar-refractivity contribution in [1.29, 1.82) is 0 Å². The van der Waals surface area contributed by atoms with Crippen LogP contribution in [0.15, 0.2) is 0 Å². The zero-order valence-corrected chi connectivity index (χ0v) is 29.3. The topological polar surface area (TPSA) is 275 Å². The quantitative estimate of drug-likeness (QED) is 0.139. The molecule has 1 aliphatic rings. The molecule has 21 nitrogen and oxygen atoms in total. The second kappa shape index (κ2) is 20.4. The molecule has 1 rings (SSSR count). The van der Waals surface area contributed by atoms with Crippen LogP contribution in [0.25, 0.3) is 0 Å². The molecule has 9 atom stereocenters. The van der Waals surface area contributed by atoms with Crippen LogP contribution in [0.1, 0.15) is 62.3 Å². The van der Waals surface area contributed by atoms with Crippen molar-refractivity contribution in [2.24, 2.45) is 0 Å². The third kappa shape index (κ3) is 15.4. The van der Waals surface area contributed by atoms with Gasteiger partial charge in [-0.2, -0.15) is 0 Å². The number of esters is 9. The van der Waals surface area contributed by atoms with Crippen molar-refractivity contribution >= 4 is 59.6 Å². The van der Waals surface area contributed by atoms with E-state index in [2.05, 4.69) is 5.32 Å². The van der Waals surface area contributed by atoms with Crippen LogP contribution in [0.4, 0.5) is 0 Å². The fraction of sp³-hybridized carbons (Fsp3) is 0.667. The zero-order chi connectivity index (χ0) is 39.2. The Kier molecular flexibility index (Phi) is 17.4. The average Bonchev–Trinajstić information content (AvgIpc) is 2.96. The van der Waals surface area contributed by atoms with Gasteiger partial charge in [-0.1, -0.05) is 0 Å². The van der Waals surface area contributed by atoms with Gasteiger partial charge in [0.2, 0.25) is 6.10 Å².